The maximum absolute atomic E-state index is 11.9. The van der Waals surface area contributed by atoms with Gasteiger partial charge >= 0.3 is 0 Å². The molecule has 1 amide bonds. The van der Waals surface area contributed by atoms with Crippen LogP contribution in [0.2, 0.25) is 0 Å². The zero-order chi connectivity index (χ0) is 13.0. The van der Waals surface area contributed by atoms with Gasteiger partial charge < -0.3 is 15.2 Å². The highest BCUT2D eigenvalue weighted by atomic mass is 16.5. The summed E-state index contributed by atoms with van der Waals surface area (Å²) in [5.41, 5.74) is 0.660. The summed E-state index contributed by atoms with van der Waals surface area (Å²) in [5.74, 6) is -0.414. The average molecular weight is 246 g/mol. The second kappa shape index (κ2) is 5.52. The third kappa shape index (κ3) is 2.79. The highest BCUT2D eigenvalue weighted by Gasteiger charge is 2.22. The van der Waals surface area contributed by atoms with Crippen LogP contribution in [0, 0.1) is 17.2 Å². The van der Waals surface area contributed by atoms with Crippen molar-refractivity contribution in [2.24, 2.45) is 5.92 Å². The van der Waals surface area contributed by atoms with E-state index in [0.29, 0.717) is 18.8 Å². The Morgan fingerprint density at radius 3 is 3.06 bits per heavy atom. The number of phenolic OH excluding ortho intramolecular Hbond substituents is 1. The molecule has 0 spiro atoms. The summed E-state index contributed by atoms with van der Waals surface area (Å²) in [5, 5.41) is 21.0. The van der Waals surface area contributed by atoms with Crippen LogP contribution < -0.4 is 5.32 Å². The van der Waals surface area contributed by atoms with Crippen LogP contribution in [0.15, 0.2) is 18.2 Å². The number of rotatable bonds is 2. The number of hydrogen-bond acceptors (Lipinski definition) is 4. The van der Waals surface area contributed by atoms with Crippen molar-refractivity contribution < 1.29 is 14.6 Å². The molecule has 1 saturated heterocycles. The van der Waals surface area contributed by atoms with E-state index < -0.39 is 0 Å². The summed E-state index contributed by atoms with van der Waals surface area (Å²) in [4.78, 5) is 11.9. The van der Waals surface area contributed by atoms with E-state index in [1.165, 1.54) is 18.2 Å². The Balaban J connectivity index is 2.08. The lowest BCUT2D eigenvalue weighted by Gasteiger charge is -2.21. The van der Waals surface area contributed by atoms with Crippen LogP contribution in [0.25, 0.3) is 0 Å². The zero-order valence-corrected chi connectivity index (χ0v) is 9.85. The number of carbonyl (C=O) groups excluding carboxylic acids is 1. The Kier molecular flexibility index (Phi) is 3.80. The fourth-order valence-corrected chi connectivity index (χ4v) is 1.89. The first-order chi connectivity index (χ1) is 8.70. The second-order valence-corrected chi connectivity index (χ2v) is 4.25. The Morgan fingerprint density at radius 1 is 1.56 bits per heavy atom. The molecular formula is C13H14N2O3. The minimum absolute atomic E-state index is 0.0425. The molecule has 1 heterocycles. The zero-order valence-electron chi connectivity index (χ0n) is 9.85. The molecule has 5 nitrogen and oxygen atoms in total. The van der Waals surface area contributed by atoms with Gasteiger partial charge in [0.2, 0.25) is 5.91 Å². The monoisotopic (exact) mass is 246 g/mol. The first-order valence-corrected chi connectivity index (χ1v) is 5.82. The van der Waals surface area contributed by atoms with E-state index in [4.69, 9.17) is 10.00 Å². The molecule has 1 aromatic rings. The van der Waals surface area contributed by atoms with Gasteiger partial charge in [-0.1, -0.05) is 0 Å². The largest absolute Gasteiger partial charge is 0.506 e. The molecule has 2 N–H and O–H groups in total. The van der Waals surface area contributed by atoms with Crippen LogP contribution in [0.4, 0.5) is 5.69 Å². The molecule has 18 heavy (non-hydrogen) atoms. The van der Waals surface area contributed by atoms with Crippen molar-refractivity contribution in [1.29, 1.82) is 5.26 Å². The number of nitriles is 1. The molecule has 0 aliphatic carbocycles. The number of benzene rings is 1. The van der Waals surface area contributed by atoms with Crippen molar-refractivity contribution in [1.82, 2.24) is 0 Å². The number of amides is 1. The minimum Gasteiger partial charge on any atom is -0.506 e. The number of hydrogen-bond donors (Lipinski definition) is 2. The molecule has 2 rings (SSSR count). The van der Waals surface area contributed by atoms with Crippen LogP contribution in [-0.4, -0.2) is 24.2 Å². The van der Waals surface area contributed by atoms with Gasteiger partial charge in [-0.15, -0.1) is 0 Å². The van der Waals surface area contributed by atoms with E-state index >= 15 is 0 Å². The van der Waals surface area contributed by atoms with E-state index in [1.54, 1.807) is 0 Å². The molecule has 0 radical (unpaired) electrons. The van der Waals surface area contributed by atoms with Gasteiger partial charge in [0.1, 0.15) is 5.75 Å². The third-order valence-electron chi connectivity index (χ3n) is 2.91. The molecule has 1 atom stereocenters. The Hall–Kier alpha value is -2.06. The van der Waals surface area contributed by atoms with E-state index in [-0.39, 0.29) is 23.3 Å². The van der Waals surface area contributed by atoms with Crippen molar-refractivity contribution in [3.63, 3.8) is 0 Å². The summed E-state index contributed by atoms with van der Waals surface area (Å²) in [7, 11) is 0. The number of aromatic hydroxyl groups is 1. The molecule has 94 valence electrons. The van der Waals surface area contributed by atoms with Gasteiger partial charge in [0.05, 0.1) is 29.8 Å². The van der Waals surface area contributed by atoms with Crippen LogP contribution in [0.1, 0.15) is 18.4 Å². The molecule has 0 saturated carbocycles. The molecule has 0 aromatic heterocycles. The number of ether oxygens (including phenoxy) is 1. The first-order valence-electron chi connectivity index (χ1n) is 5.82. The Bertz CT molecular complexity index is 487. The smallest absolute Gasteiger partial charge is 0.229 e. The van der Waals surface area contributed by atoms with E-state index in [0.717, 1.165) is 12.8 Å². The maximum atomic E-state index is 11.9. The summed E-state index contributed by atoms with van der Waals surface area (Å²) in [6.45, 7) is 1.10. The third-order valence-corrected chi connectivity index (χ3v) is 2.91. The van der Waals surface area contributed by atoms with E-state index in [1.807, 2.05) is 6.07 Å². The fraction of sp³-hybridized carbons (Fsp3) is 0.385. The van der Waals surface area contributed by atoms with Gasteiger partial charge in [-0.3, -0.25) is 4.79 Å². The highest BCUT2D eigenvalue weighted by Crippen LogP contribution is 2.25. The molecule has 1 aliphatic rings. The predicted octanol–water partition coefficient (Wildman–Crippen LogP) is 1.63. The van der Waals surface area contributed by atoms with Crippen LogP contribution >= 0.6 is 0 Å². The van der Waals surface area contributed by atoms with Gasteiger partial charge in [0.25, 0.3) is 0 Å². The average Bonchev–Trinajstić information content (AvgIpc) is 2.42. The lowest BCUT2D eigenvalue weighted by Crippen LogP contribution is -2.30. The minimum atomic E-state index is -0.191. The quantitative estimate of drug-likeness (QED) is 0.777. The normalized spacial score (nSPS) is 18.9. The molecule has 1 aromatic carbocycles. The van der Waals surface area contributed by atoms with Crippen LogP contribution in [-0.2, 0) is 9.53 Å². The Morgan fingerprint density at radius 2 is 2.39 bits per heavy atom. The number of phenols is 1. The number of anilines is 1. The summed E-state index contributed by atoms with van der Waals surface area (Å²) in [6.07, 6.45) is 1.65. The highest BCUT2D eigenvalue weighted by molar-refractivity contribution is 5.94. The Labute approximate surface area is 105 Å². The van der Waals surface area contributed by atoms with Crippen molar-refractivity contribution >= 4 is 11.6 Å². The summed E-state index contributed by atoms with van der Waals surface area (Å²) < 4.78 is 5.24. The SMILES string of the molecule is N#Cc1ccc(O)c(NC(=O)C2CCCOC2)c1. The topological polar surface area (TPSA) is 82.4 Å². The molecule has 1 aliphatic heterocycles. The molecule has 0 bridgehead atoms. The fourth-order valence-electron chi connectivity index (χ4n) is 1.89. The van der Waals surface area contributed by atoms with Crippen molar-refractivity contribution in [3.8, 4) is 11.8 Å². The molecule has 1 unspecified atom stereocenters. The summed E-state index contributed by atoms with van der Waals surface area (Å²) in [6, 6.07) is 6.30. The van der Waals surface area contributed by atoms with Gasteiger partial charge in [0.15, 0.2) is 0 Å². The first kappa shape index (κ1) is 12.4. The number of nitrogens with one attached hydrogen (secondary N) is 1. The number of nitrogens with zero attached hydrogens (tertiary/aromatic N) is 1. The van der Waals surface area contributed by atoms with Crippen molar-refractivity contribution in [3.05, 3.63) is 23.8 Å². The molecular weight excluding hydrogens is 232 g/mol. The second-order valence-electron chi connectivity index (χ2n) is 4.25. The van der Waals surface area contributed by atoms with E-state index in [2.05, 4.69) is 5.32 Å². The van der Waals surface area contributed by atoms with Crippen molar-refractivity contribution in [2.75, 3.05) is 18.5 Å². The summed E-state index contributed by atoms with van der Waals surface area (Å²) >= 11 is 0. The molecule has 1 fully saturated rings. The lowest BCUT2D eigenvalue weighted by atomic mass is 10.0. The van der Waals surface area contributed by atoms with Crippen LogP contribution in [0.3, 0.4) is 0 Å². The lowest BCUT2D eigenvalue weighted by molar-refractivity contribution is -0.123. The van der Waals surface area contributed by atoms with Gasteiger partial charge in [-0.25, -0.2) is 0 Å². The van der Waals surface area contributed by atoms with Gasteiger partial charge in [-0.05, 0) is 31.0 Å². The van der Waals surface area contributed by atoms with E-state index in [9.17, 15) is 9.90 Å². The maximum Gasteiger partial charge on any atom is 0.229 e. The van der Waals surface area contributed by atoms with Crippen molar-refractivity contribution in [2.45, 2.75) is 12.8 Å². The number of carbonyl (C=O) groups is 1. The molecule has 5 heteroatoms. The van der Waals surface area contributed by atoms with Gasteiger partial charge in [0, 0.05) is 6.61 Å². The predicted molar refractivity (Wildman–Crippen MR) is 65.0 cm³/mol. The van der Waals surface area contributed by atoms with Crippen LogP contribution in [0.5, 0.6) is 5.75 Å². The standard InChI is InChI=1S/C13H14N2O3/c14-7-9-3-4-12(16)11(6-9)15-13(17)10-2-1-5-18-8-10/h3-4,6,10,16H,1-2,5,8H2,(H,15,17). The van der Waals surface area contributed by atoms with Gasteiger partial charge in [-0.2, -0.15) is 5.26 Å².